The molecule has 11 nitrogen and oxygen atoms in total. The van der Waals surface area contributed by atoms with Gasteiger partial charge in [0.05, 0.1) is 35.3 Å². The number of carbonyl (C=O) groups is 2. The van der Waals surface area contributed by atoms with Crippen molar-refractivity contribution in [3.05, 3.63) is 59.0 Å². The molecule has 2 amide bonds. The zero-order valence-electron chi connectivity index (χ0n) is 25.8. The SMILES string of the molecule is COc1cc(C)c2[nH]ccc2c1C(OCC(=O)NNC(C)=O)(c1nc2ccc(C#N)cc2n1COCC[Si](C)(C)C)C(F)(F)F. The fourth-order valence-electron chi connectivity index (χ4n) is 4.99. The highest BCUT2D eigenvalue weighted by Gasteiger charge is 2.64. The topological polar surface area (TPSA) is 143 Å². The van der Waals surface area contributed by atoms with E-state index >= 15 is 13.2 Å². The number of H-pyrrole nitrogens is 1. The molecule has 0 aliphatic rings. The van der Waals surface area contributed by atoms with Gasteiger partial charge in [-0.15, -0.1) is 0 Å². The van der Waals surface area contributed by atoms with Crippen LogP contribution in [0.1, 0.15) is 29.4 Å². The van der Waals surface area contributed by atoms with Crippen LogP contribution in [0, 0.1) is 18.3 Å². The molecule has 2 aromatic heterocycles. The van der Waals surface area contributed by atoms with Gasteiger partial charge >= 0.3 is 6.18 Å². The predicted molar refractivity (Wildman–Crippen MR) is 163 cm³/mol. The van der Waals surface area contributed by atoms with Gasteiger partial charge in [-0.1, -0.05) is 19.6 Å². The number of amides is 2. The van der Waals surface area contributed by atoms with Crippen LogP contribution >= 0.6 is 0 Å². The van der Waals surface area contributed by atoms with E-state index in [1.165, 1.54) is 48.2 Å². The second kappa shape index (κ2) is 12.9. The zero-order chi connectivity index (χ0) is 33.2. The quantitative estimate of drug-likeness (QED) is 0.118. The summed E-state index contributed by atoms with van der Waals surface area (Å²) in [6.07, 6.45) is -3.75. The van der Waals surface area contributed by atoms with Crippen molar-refractivity contribution >= 4 is 41.8 Å². The summed E-state index contributed by atoms with van der Waals surface area (Å²) >= 11 is 0. The molecule has 240 valence electrons. The molecular weight excluding hydrogens is 609 g/mol. The molecule has 0 aliphatic carbocycles. The monoisotopic (exact) mass is 644 g/mol. The number of halogens is 3. The molecule has 1 atom stereocenters. The van der Waals surface area contributed by atoms with Gasteiger partial charge < -0.3 is 23.8 Å². The average molecular weight is 645 g/mol. The summed E-state index contributed by atoms with van der Waals surface area (Å²) in [7, 11) is -0.315. The van der Waals surface area contributed by atoms with E-state index in [1.807, 2.05) is 16.9 Å². The number of nitrogens with zero attached hydrogens (tertiary/aromatic N) is 3. The van der Waals surface area contributed by atoms with E-state index in [2.05, 4.69) is 29.6 Å². The Morgan fingerprint density at radius 2 is 1.89 bits per heavy atom. The lowest BCUT2D eigenvalue weighted by Gasteiger charge is -2.37. The molecule has 15 heteroatoms. The van der Waals surface area contributed by atoms with Crippen LogP contribution in [0.2, 0.25) is 25.7 Å². The number of methoxy groups -OCH3 is 1. The second-order valence-electron chi connectivity index (χ2n) is 11.8. The Bertz CT molecular complexity index is 1770. The van der Waals surface area contributed by atoms with E-state index in [0.717, 1.165) is 13.0 Å². The van der Waals surface area contributed by atoms with E-state index < -0.39 is 49.7 Å². The molecule has 0 saturated carbocycles. The van der Waals surface area contributed by atoms with Gasteiger partial charge in [0, 0.05) is 38.7 Å². The fourth-order valence-corrected chi connectivity index (χ4v) is 5.75. The van der Waals surface area contributed by atoms with Crippen LogP contribution in [-0.2, 0) is 31.4 Å². The van der Waals surface area contributed by atoms with Crippen molar-refractivity contribution in [2.24, 2.45) is 0 Å². The Kier molecular flexibility index (Phi) is 9.61. The summed E-state index contributed by atoms with van der Waals surface area (Å²) in [6.45, 7) is 8.08. The third-order valence-corrected chi connectivity index (χ3v) is 8.89. The largest absolute Gasteiger partial charge is 0.496 e. The minimum Gasteiger partial charge on any atom is -0.496 e. The highest BCUT2D eigenvalue weighted by Crippen LogP contribution is 2.53. The number of benzene rings is 2. The number of hydrogen-bond donors (Lipinski definition) is 3. The molecule has 45 heavy (non-hydrogen) atoms. The van der Waals surface area contributed by atoms with E-state index in [4.69, 9.17) is 14.2 Å². The van der Waals surface area contributed by atoms with Crippen LogP contribution in [0.5, 0.6) is 5.75 Å². The number of aromatic amines is 1. The zero-order valence-corrected chi connectivity index (χ0v) is 26.8. The van der Waals surface area contributed by atoms with E-state index in [0.29, 0.717) is 11.1 Å². The Morgan fingerprint density at radius 1 is 1.16 bits per heavy atom. The molecule has 0 saturated heterocycles. The lowest BCUT2D eigenvalue weighted by molar-refractivity contribution is -0.269. The molecule has 0 fully saturated rings. The van der Waals surface area contributed by atoms with E-state index in [-0.39, 0.29) is 41.1 Å². The lowest BCUT2D eigenvalue weighted by Crippen LogP contribution is -2.51. The number of carbonyl (C=O) groups excluding carboxylic acids is 2. The summed E-state index contributed by atoms with van der Waals surface area (Å²) < 4.78 is 66.5. The fraction of sp³-hybridized carbons (Fsp3) is 0.400. The minimum atomic E-state index is -5.25. The van der Waals surface area contributed by atoms with Crippen LogP contribution in [0.3, 0.4) is 0 Å². The van der Waals surface area contributed by atoms with E-state index in [1.54, 1.807) is 6.92 Å². The van der Waals surface area contributed by atoms with Crippen molar-refractivity contribution < 1.29 is 37.0 Å². The maximum absolute atomic E-state index is 16.0. The van der Waals surface area contributed by atoms with Gasteiger partial charge in [-0.25, -0.2) is 4.98 Å². The first-order valence-electron chi connectivity index (χ1n) is 14.0. The third-order valence-electron chi connectivity index (χ3n) is 7.18. The number of aryl methyl sites for hydroxylation is 1. The molecule has 1 unspecified atom stereocenters. The van der Waals surface area contributed by atoms with Gasteiger partial charge in [-0.05, 0) is 48.9 Å². The number of nitrogens with one attached hydrogen (secondary N) is 3. The molecule has 2 aromatic carbocycles. The Hall–Kier alpha value is -4.39. The van der Waals surface area contributed by atoms with Crippen LogP contribution in [0.4, 0.5) is 13.2 Å². The van der Waals surface area contributed by atoms with Crippen molar-refractivity contribution in [1.82, 2.24) is 25.4 Å². The number of nitriles is 1. The van der Waals surface area contributed by atoms with Gasteiger partial charge in [0.2, 0.25) is 5.91 Å². The first-order chi connectivity index (χ1) is 21.1. The number of ether oxygens (including phenoxy) is 3. The lowest BCUT2D eigenvalue weighted by atomic mass is 9.86. The first kappa shape index (κ1) is 33.5. The van der Waals surface area contributed by atoms with Crippen molar-refractivity contribution in [2.75, 3.05) is 20.3 Å². The van der Waals surface area contributed by atoms with Gasteiger partial charge in [0.25, 0.3) is 11.5 Å². The molecule has 2 heterocycles. The number of imidazole rings is 1. The van der Waals surface area contributed by atoms with Crippen molar-refractivity contribution in [2.45, 2.75) is 58.0 Å². The Balaban J connectivity index is 2.06. The summed E-state index contributed by atoms with van der Waals surface area (Å²) in [6, 6.07) is 9.99. The Morgan fingerprint density at radius 3 is 2.51 bits per heavy atom. The number of hydrazine groups is 1. The molecule has 0 aliphatic heterocycles. The summed E-state index contributed by atoms with van der Waals surface area (Å²) in [5, 5.41) is 9.71. The maximum atomic E-state index is 16.0. The molecule has 4 rings (SSSR count). The number of aromatic nitrogens is 3. The van der Waals surface area contributed by atoms with Crippen LogP contribution in [0.15, 0.2) is 36.5 Å². The van der Waals surface area contributed by atoms with Gasteiger partial charge in [0.1, 0.15) is 19.1 Å². The molecule has 0 spiro atoms. The summed E-state index contributed by atoms with van der Waals surface area (Å²) in [4.78, 5) is 31.5. The standard InChI is InChI=1S/C30H35F3N6O5Si/c1-18-13-24(42-3)26(21-9-10-35-27(18)21)29(30(31,32)33,44-16-25(41)38-37-19(2)40)28-36-22-8-7-20(15-34)14-23(22)39(28)17-43-11-12-45(4,5)6/h7-10,13-14,35H,11-12,16-17H2,1-6H3,(H,37,40)(H,38,41). The number of alkyl halides is 3. The van der Waals surface area contributed by atoms with Crippen LogP contribution < -0.4 is 15.6 Å². The van der Waals surface area contributed by atoms with Crippen molar-refractivity contribution in [3.63, 3.8) is 0 Å². The second-order valence-corrected chi connectivity index (χ2v) is 17.4. The maximum Gasteiger partial charge on any atom is 0.429 e. The Labute approximate surface area is 258 Å². The predicted octanol–water partition coefficient (Wildman–Crippen LogP) is 5.01. The highest BCUT2D eigenvalue weighted by atomic mass is 28.3. The van der Waals surface area contributed by atoms with Gasteiger partial charge in [0.15, 0.2) is 5.82 Å². The van der Waals surface area contributed by atoms with Crippen LogP contribution in [0.25, 0.3) is 21.9 Å². The van der Waals surface area contributed by atoms with Gasteiger partial charge in [-0.2, -0.15) is 18.4 Å². The first-order valence-corrected chi connectivity index (χ1v) is 17.7. The third kappa shape index (κ3) is 6.82. The number of rotatable bonds is 11. The molecule has 0 radical (unpaired) electrons. The smallest absolute Gasteiger partial charge is 0.429 e. The van der Waals surface area contributed by atoms with Crippen LogP contribution in [-0.4, -0.2) is 60.9 Å². The molecule has 4 aromatic rings. The number of fused-ring (bicyclic) bond motifs is 2. The number of hydrogen-bond acceptors (Lipinski definition) is 7. The van der Waals surface area contributed by atoms with Crippen molar-refractivity contribution in [3.8, 4) is 11.8 Å². The molecule has 3 N–H and O–H groups in total. The summed E-state index contributed by atoms with van der Waals surface area (Å²) in [5.41, 5.74) is 1.79. The van der Waals surface area contributed by atoms with E-state index in [9.17, 15) is 14.9 Å². The minimum absolute atomic E-state index is 0.127. The average Bonchev–Trinajstić information content (AvgIpc) is 3.59. The van der Waals surface area contributed by atoms with Crippen molar-refractivity contribution in [1.29, 1.82) is 5.26 Å². The molecule has 0 bridgehead atoms. The molecular formula is C30H35F3N6O5Si. The summed E-state index contributed by atoms with van der Waals surface area (Å²) in [5.74, 6) is -2.47. The van der Waals surface area contributed by atoms with Gasteiger partial charge in [-0.3, -0.25) is 20.4 Å². The normalized spacial score (nSPS) is 13.4. The highest BCUT2D eigenvalue weighted by molar-refractivity contribution is 6.76.